The molecule has 3 aromatic rings. The van der Waals surface area contributed by atoms with Gasteiger partial charge in [0.05, 0.1) is 11.2 Å². The van der Waals surface area contributed by atoms with Crippen molar-refractivity contribution in [1.82, 2.24) is 9.97 Å². The second kappa shape index (κ2) is 4.74. The van der Waals surface area contributed by atoms with E-state index in [0.29, 0.717) is 11.6 Å². The zero-order chi connectivity index (χ0) is 14.2. The first-order valence-electron chi connectivity index (χ1n) is 7.11. The van der Waals surface area contributed by atoms with Gasteiger partial charge in [-0.15, -0.1) is 0 Å². The lowest BCUT2D eigenvalue weighted by Crippen LogP contribution is -1.95. The van der Waals surface area contributed by atoms with Gasteiger partial charge in [0, 0.05) is 23.3 Å². The molecule has 4 heteroatoms. The highest BCUT2D eigenvalue weighted by Gasteiger charge is 2.14. The van der Waals surface area contributed by atoms with Crippen molar-refractivity contribution in [1.29, 1.82) is 0 Å². The third-order valence-corrected chi connectivity index (χ3v) is 3.88. The van der Waals surface area contributed by atoms with Gasteiger partial charge in [-0.2, -0.15) is 0 Å². The zero-order valence-electron chi connectivity index (χ0n) is 11.5. The van der Waals surface area contributed by atoms with E-state index in [4.69, 9.17) is 10.5 Å². The summed E-state index contributed by atoms with van der Waals surface area (Å²) in [4.78, 5) is 8.92. The number of nitrogen functional groups attached to an aromatic ring is 1. The Balaban J connectivity index is 1.76. The van der Waals surface area contributed by atoms with Crippen LogP contribution < -0.4 is 10.5 Å². The molecule has 0 aliphatic heterocycles. The van der Waals surface area contributed by atoms with Gasteiger partial charge >= 0.3 is 0 Å². The topological polar surface area (TPSA) is 61.0 Å². The van der Waals surface area contributed by atoms with E-state index >= 15 is 0 Å². The fraction of sp³-hybridized carbons (Fsp3) is 0.176. The van der Waals surface area contributed by atoms with Gasteiger partial charge in [0.15, 0.2) is 0 Å². The monoisotopic (exact) mass is 277 g/mol. The molecule has 4 rings (SSSR count). The van der Waals surface area contributed by atoms with Crippen LogP contribution in [0.4, 0.5) is 5.69 Å². The predicted molar refractivity (Wildman–Crippen MR) is 82.5 cm³/mol. The number of nitrogens with zero attached hydrogens (tertiary/aromatic N) is 2. The van der Waals surface area contributed by atoms with Crippen LogP contribution in [0.15, 0.2) is 42.6 Å². The van der Waals surface area contributed by atoms with Crippen molar-refractivity contribution in [2.24, 2.45) is 0 Å². The third-order valence-electron chi connectivity index (χ3n) is 3.88. The summed E-state index contributed by atoms with van der Waals surface area (Å²) in [5, 5.41) is 0.903. The van der Waals surface area contributed by atoms with Gasteiger partial charge in [-0.05, 0) is 49.1 Å². The quantitative estimate of drug-likeness (QED) is 0.728. The van der Waals surface area contributed by atoms with Crippen LogP contribution >= 0.6 is 0 Å². The summed E-state index contributed by atoms with van der Waals surface area (Å²) in [5.74, 6) is 1.36. The van der Waals surface area contributed by atoms with E-state index in [9.17, 15) is 0 Å². The summed E-state index contributed by atoms with van der Waals surface area (Å²) >= 11 is 0. The summed E-state index contributed by atoms with van der Waals surface area (Å²) < 4.78 is 5.97. The highest BCUT2D eigenvalue weighted by atomic mass is 16.5. The smallest absolute Gasteiger partial charge is 0.219 e. The minimum atomic E-state index is 0.630. The second-order valence-electron chi connectivity index (χ2n) is 5.26. The molecule has 1 aliphatic carbocycles. The van der Waals surface area contributed by atoms with E-state index in [0.717, 1.165) is 35.2 Å². The van der Waals surface area contributed by atoms with Crippen molar-refractivity contribution in [3.8, 4) is 11.6 Å². The highest BCUT2D eigenvalue weighted by Crippen LogP contribution is 2.32. The van der Waals surface area contributed by atoms with E-state index in [2.05, 4.69) is 16.0 Å². The van der Waals surface area contributed by atoms with Crippen LogP contribution in [0.25, 0.3) is 10.9 Å². The molecule has 0 amide bonds. The Labute approximate surface area is 122 Å². The number of aryl methyl sites for hydroxylation is 2. The minimum absolute atomic E-state index is 0.630. The van der Waals surface area contributed by atoms with Crippen molar-refractivity contribution in [3.63, 3.8) is 0 Å². The molecule has 1 aliphatic rings. The minimum Gasteiger partial charge on any atom is -0.438 e. The Morgan fingerprint density at radius 2 is 2.00 bits per heavy atom. The number of hydrogen-bond acceptors (Lipinski definition) is 4. The Morgan fingerprint density at radius 3 is 2.95 bits per heavy atom. The van der Waals surface area contributed by atoms with Gasteiger partial charge in [-0.3, -0.25) is 4.98 Å². The van der Waals surface area contributed by atoms with E-state index in [-0.39, 0.29) is 0 Å². The van der Waals surface area contributed by atoms with Gasteiger partial charge in [-0.25, -0.2) is 4.98 Å². The van der Waals surface area contributed by atoms with Gasteiger partial charge in [0.25, 0.3) is 0 Å². The molecule has 1 aromatic carbocycles. The molecular formula is C17H15N3O. The molecule has 2 N–H and O–H groups in total. The Morgan fingerprint density at radius 1 is 1.05 bits per heavy atom. The molecule has 104 valence electrons. The molecule has 0 atom stereocenters. The molecule has 2 heterocycles. The Kier molecular flexibility index (Phi) is 2.74. The number of fused-ring (bicyclic) bond motifs is 2. The fourth-order valence-electron chi connectivity index (χ4n) is 2.83. The molecule has 2 aromatic heterocycles. The van der Waals surface area contributed by atoms with Gasteiger partial charge in [0.2, 0.25) is 5.88 Å². The molecule has 0 unspecified atom stereocenters. The van der Waals surface area contributed by atoms with Crippen LogP contribution in [0.1, 0.15) is 17.7 Å². The van der Waals surface area contributed by atoms with Gasteiger partial charge < -0.3 is 10.5 Å². The predicted octanol–water partition coefficient (Wildman–Crippen LogP) is 3.49. The van der Waals surface area contributed by atoms with Crippen LogP contribution in [0.2, 0.25) is 0 Å². The first-order valence-corrected chi connectivity index (χ1v) is 7.11. The number of rotatable bonds is 2. The van der Waals surface area contributed by atoms with Crippen LogP contribution in [-0.2, 0) is 12.8 Å². The molecule has 21 heavy (non-hydrogen) atoms. The number of aromatic nitrogens is 2. The van der Waals surface area contributed by atoms with Crippen LogP contribution in [0.3, 0.4) is 0 Å². The summed E-state index contributed by atoms with van der Waals surface area (Å²) in [7, 11) is 0. The summed E-state index contributed by atoms with van der Waals surface area (Å²) in [6.07, 6.45) is 5.07. The van der Waals surface area contributed by atoms with E-state index < -0.39 is 0 Å². The lowest BCUT2D eigenvalue weighted by Gasteiger charge is -2.10. The van der Waals surface area contributed by atoms with Crippen LogP contribution in [-0.4, -0.2) is 9.97 Å². The number of benzene rings is 1. The number of pyridine rings is 2. The number of nitrogens with two attached hydrogens (primary N) is 1. The largest absolute Gasteiger partial charge is 0.438 e. The second-order valence-corrected chi connectivity index (χ2v) is 5.26. The van der Waals surface area contributed by atoms with Gasteiger partial charge in [0.1, 0.15) is 5.75 Å². The molecule has 0 bridgehead atoms. The van der Waals surface area contributed by atoms with Crippen molar-refractivity contribution >= 4 is 16.6 Å². The summed E-state index contributed by atoms with van der Waals surface area (Å²) in [6.45, 7) is 0. The molecular weight excluding hydrogens is 262 g/mol. The van der Waals surface area contributed by atoms with Crippen molar-refractivity contribution in [3.05, 3.63) is 53.9 Å². The van der Waals surface area contributed by atoms with Crippen molar-refractivity contribution in [2.45, 2.75) is 19.3 Å². The SMILES string of the molecule is Nc1ccc(Oc2ccc3c(n2)CCC3)c2cccnc12. The first-order chi connectivity index (χ1) is 10.3. The van der Waals surface area contributed by atoms with E-state index in [1.165, 1.54) is 12.0 Å². The molecule has 0 spiro atoms. The fourth-order valence-corrected chi connectivity index (χ4v) is 2.83. The number of ether oxygens (including phenoxy) is 1. The maximum atomic E-state index is 5.97. The van der Waals surface area contributed by atoms with Crippen molar-refractivity contribution < 1.29 is 4.74 Å². The molecule has 4 nitrogen and oxygen atoms in total. The van der Waals surface area contributed by atoms with Crippen molar-refractivity contribution in [2.75, 3.05) is 5.73 Å². The third kappa shape index (κ3) is 2.09. The van der Waals surface area contributed by atoms with E-state index in [1.54, 1.807) is 6.20 Å². The summed E-state index contributed by atoms with van der Waals surface area (Å²) in [5.41, 5.74) is 9.87. The maximum absolute atomic E-state index is 5.97. The van der Waals surface area contributed by atoms with Crippen LogP contribution in [0.5, 0.6) is 11.6 Å². The molecule has 0 saturated carbocycles. The lowest BCUT2D eigenvalue weighted by molar-refractivity contribution is 0.466. The Hall–Kier alpha value is -2.62. The average Bonchev–Trinajstić information content (AvgIpc) is 2.98. The lowest BCUT2D eigenvalue weighted by atomic mass is 10.2. The van der Waals surface area contributed by atoms with E-state index in [1.807, 2.05) is 30.3 Å². The maximum Gasteiger partial charge on any atom is 0.219 e. The standard InChI is InChI=1S/C17H15N3O/c18-13-7-8-15(12-4-2-10-19-17(12)13)21-16-9-6-11-3-1-5-14(11)20-16/h2,4,6-10H,1,3,5,18H2. The summed E-state index contributed by atoms with van der Waals surface area (Å²) in [6, 6.07) is 11.6. The highest BCUT2D eigenvalue weighted by molar-refractivity contribution is 5.93. The number of hydrogen-bond donors (Lipinski definition) is 1. The first kappa shape index (κ1) is 12.1. The molecule has 0 fully saturated rings. The average molecular weight is 277 g/mol. The zero-order valence-corrected chi connectivity index (χ0v) is 11.5. The Bertz CT molecular complexity index is 829. The normalized spacial score (nSPS) is 13.3. The van der Waals surface area contributed by atoms with Gasteiger partial charge in [-0.1, -0.05) is 6.07 Å². The number of anilines is 1. The van der Waals surface area contributed by atoms with Crippen LogP contribution in [0, 0.1) is 0 Å². The molecule has 0 radical (unpaired) electrons. The molecule has 0 saturated heterocycles.